The van der Waals surface area contributed by atoms with E-state index in [1.54, 1.807) is 6.92 Å². The van der Waals surface area contributed by atoms with Gasteiger partial charge in [0.25, 0.3) is 15.2 Å². The highest BCUT2D eigenvalue weighted by Gasteiger charge is 2.27. The minimum absolute atomic E-state index is 0.246. The Morgan fingerprint density at radius 1 is 1.47 bits per heavy atom. The third-order valence-electron chi connectivity index (χ3n) is 2.42. The first kappa shape index (κ1) is 12.4. The van der Waals surface area contributed by atoms with E-state index in [-0.39, 0.29) is 5.16 Å². The number of hydrogen-bond donors (Lipinski definition) is 1. The molecule has 2 N–H and O–H groups in total. The lowest BCUT2D eigenvalue weighted by Gasteiger charge is -2.22. The summed E-state index contributed by atoms with van der Waals surface area (Å²) in [6, 6.07) is 0. The van der Waals surface area contributed by atoms with Crippen molar-refractivity contribution in [3.05, 3.63) is 5.82 Å². The number of aromatic nitrogens is 3. The molecule has 1 aromatic rings. The van der Waals surface area contributed by atoms with E-state index in [9.17, 15) is 8.42 Å². The van der Waals surface area contributed by atoms with Gasteiger partial charge in [0.05, 0.1) is 19.8 Å². The van der Waals surface area contributed by atoms with Crippen molar-refractivity contribution >= 4 is 10.0 Å². The molecule has 9 heteroatoms. The fourth-order valence-electron chi connectivity index (χ4n) is 1.68. The molecule has 1 aromatic heterocycles. The largest absolute Gasteiger partial charge is 0.376 e. The van der Waals surface area contributed by atoms with Gasteiger partial charge in [0.2, 0.25) is 0 Å². The van der Waals surface area contributed by atoms with E-state index in [2.05, 4.69) is 10.2 Å². The van der Waals surface area contributed by atoms with Crippen LogP contribution >= 0.6 is 0 Å². The van der Waals surface area contributed by atoms with Gasteiger partial charge in [-0.05, 0) is 6.92 Å². The predicted octanol–water partition coefficient (Wildman–Crippen LogP) is -0.967. The van der Waals surface area contributed by atoms with Crippen molar-refractivity contribution in [3.8, 4) is 0 Å². The van der Waals surface area contributed by atoms with E-state index in [4.69, 9.17) is 14.6 Å². The van der Waals surface area contributed by atoms with Crippen molar-refractivity contribution in [2.75, 3.05) is 19.8 Å². The van der Waals surface area contributed by atoms with Crippen LogP contribution < -0.4 is 5.14 Å². The minimum Gasteiger partial charge on any atom is -0.376 e. The Morgan fingerprint density at radius 2 is 2.24 bits per heavy atom. The van der Waals surface area contributed by atoms with Gasteiger partial charge in [0.15, 0.2) is 5.82 Å². The number of rotatable bonds is 3. The molecule has 0 aliphatic carbocycles. The van der Waals surface area contributed by atoms with E-state index in [1.807, 2.05) is 0 Å². The van der Waals surface area contributed by atoms with Gasteiger partial charge in [-0.25, -0.2) is 13.6 Å². The average Bonchev–Trinajstić information content (AvgIpc) is 2.73. The Hall–Kier alpha value is -1.03. The van der Waals surface area contributed by atoms with Crippen molar-refractivity contribution in [1.29, 1.82) is 0 Å². The number of primary sulfonamides is 1. The first-order valence-corrected chi connectivity index (χ1v) is 6.74. The number of sulfonamides is 1. The SMILES string of the molecule is CCn1c(C2COCCO2)nnc1S(N)(=O)=O. The zero-order chi connectivity index (χ0) is 12.5. The van der Waals surface area contributed by atoms with Crippen LogP contribution in [0.2, 0.25) is 0 Å². The second-order valence-corrected chi connectivity index (χ2v) is 5.02. The first-order valence-electron chi connectivity index (χ1n) is 5.19. The number of nitrogens with zero attached hydrogens (tertiary/aromatic N) is 3. The van der Waals surface area contributed by atoms with Gasteiger partial charge in [0.1, 0.15) is 6.10 Å². The van der Waals surface area contributed by atoms with Gasteiger partial charge in [0, 0.05) is 6.54 Å². The Balaban J connectivity index is 2.38. The van der Waals surface area contributed by atoms with Gasteiger partial charge in [-0.2, -0.15) is 0 Å². The summed E-state index contributed by atoms with van der Waals surface area (Å²) in [5, 5.41) is 12.2. The summed E-state index contributed by atoms with van der Waals surface area (Å²) in [6.07, 6.45) is -0.397. The molecular formula is C8H14N4O4S. The molecule has 0 spiro atoms. The van der Waals surface area contributed by atoms with E-state index in [1.165, 1.54) is 4.57 Å². The zero-order valence-corrected chi connectivity index (χ0v) is 10.2. The average molecular weight is 262 g/mol. The summed E-state index contributed by atoms with van der Waals surface area (Å²) in [6.45, 7) is 3.49. The molecule has 1 unspecified atom stereocenters. The normalized spacial score (nSPS) is 21.6. The highest BCUT2D eigenvalue weighted by Crippen LogP contribution is 2.20. The maximum absolute atomic E-state index is 11.3. The third-order valence-corrected chi connectivity index (χ3v) is 3.23. The van der Waals surface area contributed by atoms with Crippen LogP contribution in [0.15, 0.2) is 5.16 Å². The van der Waals surface area contributed by atoms with Gasteiger partial charge in [-0.1, -0.05) is 0 Å². The Bertz CT molecular complexity index is 492. The lowest BCUT2D eigenvalue weighted by Crippen LogP contribution is -2.26. The van der Waals surface area contributed by atoms with Gasteiger partial charge in [-0.3, -0.25) is 4.57 Å². The number of nitrogens with two attached hydrogens (primary N) is 1. The molecule has 1 atom stereocenters. The van der Waals surface area contributed by atoms with Crippen LogP contribution in [-0.4, -0.2) is 43.0 Å². The fraction of sp³-hybridized carbons (Fsp3) is 0.750. The molecule has 0 radical (unpaired) electrons. The van der Waals surface area contributed by atoms with Crippen LogP contribution in [0.5, 0.6) is 0 Å². The molecule has 0 aromatic carbocycles. The molecule has 96 valence electrons. The van der Waals surface area contributed by atoms with Crippen LogP contribution in [0, 0.1) is 0 Å². The molecule has 2 heterocycles. The summed E-state index contributed by atoms with van der Waals surface area (Å²) in [5.41, 5.74) is 0. The predicted molar refractivity (Wildman–Crippen MR) is 56.6 cm³/mol. The molecule has 1 saturated heterocycles. The topological polar surface area (TPSA) is 109 Å². The van der Waals surface area contributed by atoms with E-state index in [0.29, 0.717) is 32.2 Å². The minimum atomic E-state index is -3.87. The number of hydrogen-bond acceptors (Lipinski definition) is 6. The Labute approximate surface area is 98.8 Å². The van der Waals surface area contributed by atoms with E-state index >= 15 is 0 Å². The van der Waals surface area contributed by atoms with Gasteiger partial charge < -0.3 is 9.47 Å². The van der Waals surface area contributed by atoms with Crippen LogP contribution in [-0.2, 0) is 26.0 Å². The Morgan fingerprint density at radius 3 is 2.76 bits per heavy atom. The monoisotopic (exact) mass is 262 g/mol. The summed E-state index contributed by atoms with van der Waals surface area (Å²) in [7, 11) is -3.87. The van der Waals surface area contributed by atoms with E-state index < -0.39 is 16.1 Å². The molecule has 0 amide bonds. The molecule has 0 saturated carbocycles. The molecule has 1 aliphatic rings. The summed E-state index contributed by atoms with van der Waals surface area (Å²) < 4.78 is 34.7. The van der Waals surface area contributed by atoms with Crippen LogP contribution in [0.25, 0.3) is 0 Å². The maximum atomic E-state index is 11.3. The molecule has 0 bridgehead atoms. The molecule has 17 heavy (non-hydrogen) atoms. The van der Waals surface area contributed by atoms with Gasteiger partial charge >= 0.3 is 0 Å². The lowest BCUT2D eigenvalue weighted by atomic mass is 10.3. The second kappa shape index (κ2) is 4.69. The van der Waals surface area contributed by atoms with Crippen molar-refractivity contribution < 1.29 is 17.9 Å². The highest BCUT2D eigenvalue weighted by atomic mass is 32.2. The smallest absolute Gasteiger partial charge is 0.273 e. The van der Waals surface area contributed by atoms with Crippen molar-refractivity contribution in [1.82, 2.24) is 14.8 Å². The number of ether oxygens (including phenoxy) is 2. The van der Waals surface area contributed by atoms with Crippen molar-refractivity contribution in [2.24, 2.45) is 5.14 Å². The standard InChI is InChI=1S/C8H14N4O4S/c1-2-12-7(6-5-15-3-4-16-6)10-11-8(12)17(9,13)14/h6H,2-5H2,1H3,(H2,9,13,14). The molecule has 8 nitrogen and oxygen atoms in total. The van der Waals surface area contributed by atoms with Gasteiger partial charge in [-0.15, -0.1) is 10.2 Å². The van der Waals surface area contributed by atoms with Crippen LogP contribution in [0.1, 0.15) is 18.9 Å². The van der Waals surface area contributed by atoms with Crippen LogP contribution in [0.4, 0.5) is 0 Å². The van der Waals surface area contributed by atoms with Crippen molar-refractivity contribution in [2.45, 2.75) is 24.7 Å². The third kappa shape index (κ3) is 2.46. The highest BCUT2D eigenvalue weighted by molar-refractivity contribution is 7.89. The summed E-state index contributed by atoms with van der Waals surface area (Å²) in [4.78, 5) is 0. The maximum Gasteiger partial charge on any atom is 0.273 e. The molecular weight excluding hydrogens is 248 g/mol. The first-order chi connectivity index (χ1) is 8.04. The second-order valence-electron chi connectivity index (χ2n) is 3.56. The lowest BCUT2D eigenvalue weighted by molar-refractivity contribution is -0.0949. The van der Waals surface area contributed by atoms with Crippen molar-refractivity contribution in [3.63, 3.8) is 0 Å². The summed E-state index contributed by atoms with van der Waals surface area (Å²) in [5.74, 6) is 0.427. The molecule has 1 aliphatic heterocycles. The quantitative estimate of drug-likeness (QED) is 0.750. The van der Waals surface area contributed by atoms with Crippen LogP contribution in [0.3, 0.4) is 0 Å². The summed E-state index contributed by atoms with van der Waals surface area (Å²) >= 11 is 0. The fourth-order valence-corrected chi connectivity index (χ4v) is 2.37. The molecule has 1 fully saturated rings. The Kier molecular flexibility index (Phi) is 3.43. The zero-order valence-electron chi connectivity index (χ0n) is 9.37. The van der Waals surface area contributed by atoms with E-state index in [0.717, 1.165) is 0 Å². The molecule has 2 rings (SSSR count).